The number of aryl methyl sites for hydroxylation is 1. The highest BCUT2D eigenvalue weighted by Crippen LogP contribution is 2.54. The molecule has 1 aliphatic carbocycles. The van der Waals surface area contributed by atoms with Crippen molar-refractivity contribution in [2.45, 2.75) is 18.9 Å². The van der Waals surface area contributed by atoms with Crippen molar-refractivity contribution >= 4 is 22.6 Å². The molecule has 6 nitrogen and oxygen atoms in total. The van der Waals surface area contributed by atoms with E-state index in [1.807, 2.05) is 47.2 Å². The van der Waals surface area contributed by atoms with Gasteiger partial charge in [0.1, 0.15) is 0 Å². The number of rotatable bonds is 4. The summed E-state index contributed by atoms with van der Waals surface area (Å²) in [6.45, 7) is 0. The molecule has 1 saturated carbocycles. The van der Waals surface area contributed by atoms with Crippen LogP contribution < -0.4 is 4.90 Å². The van der Waals surface area contributed by atoms with Gasteiger partial charge in [-0.05, 0) is 48.1 Å². The van der Waals surface area contributed by atoms with Crippen LogP contribution in [0.4, 0.5) is 5.69 Å². The summed E-state index contributed by atoms with van der Waals surface area (Å²) in [4.78, 5) is 22.5. The zero-order valence-corrected chi connectivity index (χ0v) is 16.1. The first-order valence-electron chi connectivity index (χ1n) is 10.0. The number of aromatic amines is 1. The van der Waals surface area contributed by atoms with Gasteiger partial charge in [-0.25, -0.2) is 4.98 Å². The fourth-order valence-electron chi connectivity index (χ4n) is 4.58. The highest BCUT2D eigenvalue weighted by atomic mass is 16.2. The van der Waals surface area contributed by atoms with Gasteiger partial charge in [-0.15, -0.1) is 0 Å². The maximum absolute atomic E-state index is 13.1. The summed E-state index contributed by atoms with van der Waals surface area (Å²) in [6.07, 6.45) is 7.90. The second kappa shape index (κ2) is 6.04. The van der Waals surface area contributed by atoms with Crippen LogP contribution in [0.3, 0.4) is 0 Å². The van der Waals surface area contributed by atoms with Crippen molar-refractivity contribution in [2.75, 3.05) is 4.90 Å². The SMILES string of the molecule is Cn1cc(-c2ccc(C3C(C4CC4)C(=O)N3c3ccc4[nH]cnc4c3)cc2)cn1. The van der Waals surface area contributed by atoms with Gasteiger partial charge in [0.2, 0.25) is 5.91 Å². The lowest BCUT2D eigenvalue weighted by Gasteiger charge is -2.48. The molecule has 2 aromatic carbocycles. The Morgan fingerprint density at radius 3 is 2.62 bits per heavy atom. The minimum atomic E-state index is 0.0918. The Labute approximate surface area is 168 Å². The topological polar surface area (TPSA) is 66.8 Å². The maximum atomic E-state index is 13.1. The summed E-state index contributed by atoms with van der Waals surface area (Å²) in [6, 6.07) is 14.7. The molecule has 1 aliphatic heterocycles. The number of anilines is 1. The van der Waals surface area contributed by atoms with Crippen LogP contribution in [0.15, 0.2) is 61.2 Å². The molecule has 3 heterocycles. The fourth-order valence-corrected chi connectivity index (χ4v) is 4.58. The first-order valence-corrected chi connectivity index (χ1v) is 10.0. The molecule has 0 bridgehead atoms. The van der Waals surface area contributed by atoms with Crippen LogP contribution in [0, 0.1) is 11.8 Å². The molecule has 2 aromatic heterocycles. The molecule has 2 aliphatic rings. The first-order chi connectivity index (χ1) is 14.2. The highest BCUT2D eigenvalue weighted by Gasteiger charge is 2.55. The van der Waals surface area contributed by atoms with E-state index in [1.54, 1.807) is 6.33 Å². The minimum absolute atomic E-state index is 0.0918. The summed E-state index contributed by atoms with van der Waals surface area (Å²) in [5.74, 6) is 0.855. The second-order valence-electron chi connectivity index (χ2n) is 8.14. The van der Waals surface area contributed by atoms with E-state index >= 15 is 0 Å². The van der Waals surface area contributed by atoms with Crippen molar-refractivity contribution in [3.63, 3.8) is 0 Å². The number of H-pyrrole nitrogens is 1. The average Bonchev–Trinajstić information content (AvgIpc) is 3.26. The number of β-lactam (4-membered cyclic amide) rings is 1. The van der Waals surface area contributed by atoms with Gasteiger partial charge in [-0.2, -0.15) is 5.10 Å². The van der Waals surface area contributed by atoms with Crippen molar-refractivity contribution < 1.29 is 4.79 Å². The summed E-state index contributed by atoms with van der Waals surface area (Å²) in [5, 5.41) is 4.26. The van der Waals surface area contributed by atoms with Gasteiger partial charge in [-0.3, -0.25) is 9.48 Å². The van der Waals surface area contributed by atoms with Gasteiger partial charge in [0.05, 0.1) is 35.5 Å². The number of nitrogens with zero attached hydrogens (tertiary/aromatic N) is 4. The van der Waals surface area contributed by atoms with E-state index < -0.39 is 0 Å². The van der Waals surface area contributed by atoms with E-state index in [9.17, 15) is 4.79 Å². The molecule has 144 valence electrons. The first kappa shape index (κ1) is 16.5. The van der Waals surface area contributed by atoms with Crippen LogP contribution in [0.25, 0.3) is 22.2 Å². The van der Waals surface area contributed by atoms with E-state index in [2.05, 4.69) is 39.3 Å². The van der Waals surface area contributed by atoms with E-state index in [-0.39, 0.29) is 17.9 Å². The summed E-state index contributed by atoms with van der Waals surface area (Å²) >= 11 is 0. The number of fused-ring (bicyclic) bond motifs is 1. The van der Waals surface area contributed by atoms with Gasteiger partial charge in [0.25, 0.3) is 0 Å². The third-order valence-corrected chi connectivity index (χ3v) is 6.24. The molecule has 1 N–H and O–H groups in total. The standard InChI is InChI=1S/C23H21N5O/c1-27-12-17(11-26-27)14-2-6-16(7-3-14)22-21(15-4-5-15)23(29)28(22)18-8-9-19-20(10-18)25-13-24-19/h2-3,6-13,15,21-22H,4-5H2,1H3,(H,24,25). The lowest BCUT2D eigenvalue weighted by molar-refractivity contribution is -0.131. The van der Waals surface area contributed by atoms with Crippen molar-refractivity contribution in [2.24, 2.45) is 18.9 Å². The molecule has 29 heavy (non-hydrogen) atoms. The number of nitrogens with one attached hydrogen (secondary N) is 1. The van der Waals surface area contributed by atoms with Crippen molar-refractivity contribution in [1.82, 2.24) is 19.7 Å². The van der Waals surface area contributed by atoms with E-state index in [4.69, 9.17) is 0 Å². The minimum Gasteiger partial charge on any atom is -0.345 e. The van der Waals surface area contributed by atoms with Gasteiger partial charge >= 0.3 is 0 Å². The predicted molar refractivity (Wildman–Crippen MR) is 111 cm³/mol. The number of imidazole rings is 1. The van der Waals surface area contributed by atoms with Gasteiger partial charge in [-0.1, -0.05) is 24.3 Å². The summed E-state index contributed by atoms with van der Waals surface area (Å²) in [7, 11) is 1.92. The zero-order chi connectivity index (χ0) is 19.5. The predicted octanol–water partition coefficient (Wildman–Crippen LogP) is 4.08. The monoisotopic (exact) mass is 383 g/mol. The quantitative estimate of drug-likeness (QED) is 0.540. The van der Waals surface area contributed by atoms with Crippen LogP contribution in [0.5, 0.6) is 0 Å². The van der Waals surface area contributed by atoms with Crippen LogP contribution in [-0.2, 0) is 11.8 Å². The number of amides is 1. The largest absolute Gasteiger partial charge is 0.345 e. The number of hydrogen-bond donors (Lipinski definition) is 1. The highest BCUT2D eigenvalue weighted by molar-refractivity contribution is 6.04. The lowest BCUT2D eigenvalue weighted by atomic mass is 9.78. The van der Waals surface area contributed by atoms with E-state index in [0.717, 1.165) is 40.7 Å². The maximum Gasteiger partial charge on any atom is 0.233 e. The fraction of sp³-hybridized carbons (Fsp3) is 0.261. The molecule has 1 saturated heterocycles. The Hall–Kier alpha value is -3.41. The normalized spacial score (nSPS) is 21.6. The molecule has 2 unspecified atom stereocenters. The van der Waals surface area contributed by atoms with Gasteiger partial charge in [0, 0.05) is 24.5 Å². The van der Waals surface area contributed by atoms with Crippen LogP contribution in [0.1, 0.15) is 24.4 Å². The molecule has 0 spiro atoms. The number of hydrogen-bond acceptors (Lipinski definition) is 3. The molecular weight excluding hydrogens is 362 g/mol. The molecule has 2 fully saturated rings. The van der Waals surface area contributed by atoms with Crippen molar-refractivity contribution in [3.05, 3.63) is 66.7 Å². The Morgan fingerprint density at radius 1 is 1.07 bits per heavy atom. The summed E-state index contributed by atoms with van der Waals surface area (Å²) in [5.41, 5.74) is 6.22. The molecule has 4 aromatic rings. The Bertz CT molecular complexity index is 1220. The Morgan fingerprint density at radius 2 is 1.90 bits per heavy atom. The molecule has 6 rings (SSSR count). The molecular formula is C23H21N5O. The van der Waals surface area contributed by atoms with Crippen LogP contribution >= 0.6 is 0 Å². The molecule has 6 heteroatoms. The van der Waals surface area contributed by atoms with Gasteiger partial charge < -0.3 is 9.88 Å². The third kappa shape index (κ3) is 2.59. The van der Waals surface area contributed by atoms with Crippen molar-refractivity contribution in [1.29, 1.82) is 0 Å². The zero-order valence-electron chi connectivity index (χ0n) is 16.1. The van der Waals surface area contributed by atoms with E-state index in [0.29, 0.717) is 5.92 Å². The molecule has 2 atom stereocenters. The second-order valence-corrected chi connectivity index (χ2v) is 8.14. The van der Waals surface area contributed by atoms with Crippen LogP contribution in [-0.4, -0.2) is 25.7 Å². The molecule has 0 radical (unpaired) electrons. The third-order valence-electron chi connectivity index (χ3n) is 6.24. The number of aromatic nitrogens is 4. The van der Waals surface area contributed by atoms with E-state index in [1.165, 1.54) is 5.56 Å². The Balaban J connectivity index is 1.37. The van der Waals surface area contributed by atoms with Crippen LogP contribution in [0.2, 0.25) is 0 Å². The Kier molecular flexibility index (Phi) is 3.45. The number of carbonyl (C=O) groups excluding carboxylic acids is 1. The smallest absolute Gasteiger partial charge is 0.233 e. The lowest BCUT2D eigenvalue weighted by Crippen LogP contribution is -2.56. The average molecular weight is 383 g/mol. The summed E-state index contributed by atoms with van der Waals surface area (Å²) < 4.78 is 1.81. The molecule has 1 amide bonds. The number of carbonyl (C=O) groups is 1. The number of benzene rings is 2. The van der Waals surface area contributed by atoms with Crippen molar-refractivity contribution in [3.8, 4) is 11.1 Å². The van der Waals surface area contributed by atoms with Gasteiger partial charge in [0.15, 0.2) is 0 Å².